The molecule has 48 heavy (non-hydrogen) atoms. The molecule has 0 aliphatic rings. The van der Waals surface area contributed by atoms with Gasteiger partial charge in [-0.15, -0.1) is 39.5 Å². The molecular formula is C42H48O6. The molecule has 4 aromatic carbocycles. The molecule has 0 aliphatic heterocycles. The van der Waals surface area contributed by atoms with E-state index in [4.69, 9.17) is 28.4 Å². The highest BCUT2D eigenvalue weighted by Gasteiger charge is 2.20. The van der Waals surface area contributed by atoms with Crippen LogP contribution in [0.4, 0.5) is 0 Å². The van der Waals surface area contributed by atoms with Gasteiger partial charge >= 0.3 is 0 Å². The first-order chi connectivity index (χ1) is 23.6. The average molecular weight is 649 g/mol. The second-order valence-corrected chi connectivity index (χ2v) is 11.1. The zero-order valence-electron chi connectivity index (χ0n) is 28.1. The summed E-state index contributed by atoms with van der Waals surface area (Å²) in [5.41, 5.74) is 0. The molecular weight excluding hydrogens is 600 g/mol. The fourth-order valence-electron chi connectivity index (χ4n) is 5.21. The molecule has 4 rings (SSSR count). The number of ether oxygens (including phenoxy) is 6. The Kier molecular flexibility index (Phi) is 14.1. The van der Waals surface area contributed by atoms with Crippen LogP contribution in [0.25, 0.3) is 32.3 Å². The summed E-state index contributed by atoms with van der Waals surface area (Å²) < 4.78 is 37.7. The van der Waals surface area contributed by atoms with Crippen molar-refractivity contribution in [1.82, 2.24) is 0 Å². The molecule has 0 fully saturated rings. The average Bonchev–Trinajstić information content (AvgIpc) is 3.09. The number of hydrogen-bond donors (Lipinski definition) is 0. The summed E-state index contributed by atoms with van der Waals surface area (Å²) in [7, 11) is 0. The Labute approximate surface area is 285 Å². The summed E-state index contributed by atoms with van der Waals surface area (Å²) >= 11 is 0. The minimum atomic E-state index is 0.474. The largest absolute Gasteiger partial charge is 0.489 e. The minimum Gasteiger partial charge on any atom is -0.489 e. The van der Waals surface area contributed by atoms with Crippen LogP contribution < -0.4 is 28.4 Å². The third-order valence-electron chi connectivity index (χ3n) is 7.60. The molecule has 0 unspecified atom stereocenters. The van der Waals surface area contributed by atoms with E-state index in [2.05, 4.69) is 75.9 Å². The molecule has 6 heteroatoms. The Hall–Kier alpha value is -5.10. The van der Waals surface area contributed by atoms with E-state index in [1.54, 1.807) is 0 Å². The molecule has 0 aromatic heterocycles. The van der Waals surface area contributed by atoms with E-state index in [-0.39, 0.29) is 0 Å². The van der Waals surface area contributed by atoms with Gasteiger partial charge in [-0.3, -0.25) is 0 Å². The minimum absolute atomic E-state index is 0.474. The molecule has 0 saturated heterocycles. The lowest BCUT2D eigenvalue weighted by molar-refractivity contribution is 0.275. The fraction of sp³-hybridized carbons (Fsp3) is 0.286. The summed E-state index contributed by atoms with van der Waals surface area (Å²) in [6.45, 7) is 25.9. The van der Waals surface area contributed by atoms with Crippen molar-refractivity contribution in [3.05, 3.63) is 112 Å². The van der Waals surface area contributed by atoms with Gasteiger partial charge in [0.25, 0.3) is 0 Å². The second kappa shape index (κ2) is 18.9. The van der Waals surface area contributed by atoms with E-state index in [0.717, 1.165) is 32.3 Å². The fourth-order valence-corrected chi connectivity index (χ4v) is 5.21. The molecule has 6 nitrogen and oxygen atoms in total. The SMILES string of the molecule is C=CCCOc1cc2c3cc(OCCC=C)c(OCCC=C)cc3c3cc(OCCC=C)c(OCCC=C)cc3c2cc1OCCC=C. The number of benzene rings is 4. The van der Waals surface area contributed by atoms with Crippen molar-refractivity contribution in [3.8, 4) is 34.5 Å². The first-order valence-electron chi connectivity index (χ1n) is 16.6. The van der Waals surface area contributed by atoms with Crippen LogP contribution in [0.2, 0.25) is 0 Å². The standard InChI is InChI=1S/C42H48O6/c1-7-13-19-43-37-25-31-32(26-38(37)44-20-14-8-2)34-28-40(46-22-16-10-4)42(48-24-18-12-6)30-36(34)35-29-41(47-23-17-11-5)39(27-33(31)35)45-21-15-9-3/h7-12,25-30H,1-6,13-24H2. The lowest BCUT2D eigenvalue weighted by Crippen LogP contribution is -2.04. The van der Waals surface area contributed by atoms with E-state index >= 15 is 0 Å². The third-order valence-corrected chi connectivity index (χ3v) is 7.60. The van der Waals surface area contributed by atoms with E-state index < -0.39 is 0 Å². The molecule has 4 aromatic rings. The van der Waals surface area contributed by atoms with Gasteiger partial charge in [-0.25, -0.2) is 0 Å². The van der Waals surface area contributed by atoms with Crippen LogP contribution in [0.15, 0.2) is 112 Å². The summed E-state index contributed by atoms with van der Waals surface area (Å²) in [5.74, 6) is 3.92. The first kappa shape index (κ1) is 35.7. The van der Waals surface area contributed by atoms with Gasteiger partial charge in [0.1, 0.15) is 0 Å². The van der Waals surface area contributed by atoms with Crippen LogP contribution in [0.1, 0.15) is 38.5 Å². The van der Waals surface area contributed by atoms with Crippen molar-refractivity contribution >= 4 is 32.3 Å². The highest BCUT2D eigenvalue weighted by Crippen LogP contribution is 2.47. The van der Waals surface area contributed by atoms with Crippen LogP contribution in [0.3, 0.4) is 0 Å². The maximum absolute atomic E-state index is 6.28. The van der Waals surface area contributed by atoms with Crippen LogP contribution in [-0.4, -0.2) is 39.6 Å². The predicted molar refractivity (Wildman–Crippen MR) is 201 cm³/mol. The molecule has 0 saturated carbocycles. The zero-order valence-corrected chi connectivity index (χ0v) is 28.1. The Morgan fingerprint density at radius 2 is 0.438 bits per heavy atom. The lowest BCUT2D eigenvalue weighted by Gasteiger charge is -2.20. The quantitative estimate of drug-likeness (QED) is 0.0428. The normalized spacial score (nSPS) is 10.8. The van der Waals surface area contributed by atoms with Gasteiger partial charge in [-0.05, 0) is 107 Å². The Bertz CT molecular complexity index is 1390. The summed E-state index contributed by atoms with van der Waals surface area (Å²) in [4.78, 5) is 0. The maximum Gasteiger partial charge on any atom is 0.161 e. The van der Waals surface area contributed by atoms with Gasteiger partial charge in [-0.1, -0.05) is 36.5 Å². The summed E-state index contributed by atoms with van der Waals surface area (Å²) in [5, 5.41) is 5.87. The molecule has 252 valence electrons. The van der Waals surface area contributed by atoms with Crippen molar-refractivity contribution < 1.29 is 28.4 Å². The predicted octanol–water partition coefficient (Wildman–Crippen LogP) is 10.9. The molecule has 0 spiro atoms. The maximum atomic E-state index is 6.28. The van der Waals surface area contributed by atoms with E-state index in [1.165, 1.54) is 0 Å². The lowest BCUT2D eigenvalue weighted by atomic mass is 9.93. The highest BCUT2D eigenvalue weighted by atomic mass is 16.5. The monoisotopic (exact) mass is 648 g/mol. The van der Waals surface area contributed by atoms with Gasteiger partial charge in [0.15, 0.2) is 34.5 Å². The smallest absolute Gasteiger partial charge is 0.161 e. The summed E-state index contributed by atoms with van der Waals surface area (Å²) in [6.07, 6.45) is 15.3. The van der Waals surface area contributed by atoms with Gasteiger partial charge in [0.05, 0.1) is 39.6 Å². The molecule has 0 radical (unpaired) electrons. The zero-order chi connectivity index (χ0) is 34.1. The number of fused-ring (bicyclic) bond motifs is 6. The molecule has 0 atom stereocenters. The van der Waals surface area contributed by atoms with Crippen LogP contribution in [-0.2, 0) is 0 Å². The number of rotatable bonds is 24. The molecule has 0 aliphatic carbocycles. The van der Waals surface area contributed by atoms with Crippen molar-refractivity contribution in [1.29, 1.82) is 0 Å². The molecule has 0 N–H and O–H groups in total. The van der Waals surface area contributed by atoms with Gasteiger partial charge in [-0.2, -0.15) is 0 Å². The second-order valence-electron chi connectivity index (χ2n) is 11.1. The van der Waals surface area contributed by atoms with Crippen molar-refractivity contribution in [2.24, 2.45) is 0 Å². The van der Waals surface area contributed by atoms with Crippen molar-refractivity contribution in [3.63, 3.8) is 0 Å². The topological polar surface area (TPSA) is 55.4 Å². The molecule has 0 heterocycles. The van der Waals surface area contributed by atoms with Crippen LogP contribution in [0.5, 0.6) is 34.5 Å². The Morgan fingerprint density at radius 3 is 0.562 bits per heavy atom. The van der Waals surface area contributed by atoms with Crippen LogP contribution >= 0.6 is 0 Å². The van der Waals surface area contributed by atoms with Gasteiger partial charge in [0, 0.05) is 0 Å². The van der Waals surface area contributed by atoms with E-state index in [9.17, 15) is 0 Å². The van der Waals surface area contributed by atoms with E-state index in [0.29, 0.717) is 113 Å². The molecule has 0 bridgehead atoms. The van der Waals surface area contributed by atoms with Crippen molar-refractivity contribution in [2.75, 3.05) is 39.6 Å². The van der Waals surface area contributed by atoms with Gasteiger partial charge in [0.2, 0.25) is 0 Å². The number of hydrogen-bond acceptors (Lipinski definition) is 6. The van der Waals surface area contributed by atoms with Crippen molar-refractivity contribution in [2.45, 2.75) is 38.5 Å². The Morgan fingerprint density at radius 1 is 0.292 bits per heavy atom. The highest BCUT2D eigenvalue weighted by molar-refractivity contribution is 6.26. The first-order valence-corrected chi connectivity index (χ1v) is 16.6. The van der Waals surface area contributed by atoms with Crippen LogP contribution in [0, 0.1) is 0 Å². The van der Waals surface area contributed by atoms with Gasteiger partial charge < -0.3 is 28.4 Å². The molecule has 0 amide bonds. The summed E-state index contributed by atoms with van der Waals surface area (Å²) in [6, 6.07) is 12.3. The van der Waals surface area contributed by atoms with E-state index in [1.807, 2.05) is 36.5 Å². The Balaban J connectivity index is 2.08. The third kappa shape index (κ3) is 9.03.